The van der Waals surface area contributed by atoms with Crippen LogP contribution in [-0.4, -0.2) is 23.5 Å². The van der Waals surface area contributed by atoms with E-state index in [0.717, 1.165) is 30.8 Å². The summed E-state index contributed by atoms with van der Waals surface area (Å²) in [6.07, 6.45) is 1.03. The minimum Gasteiger partial charge on any atom is -0.481 e. The Morgan fingerprint density at radius 3 is 2.33 bits per heavy atom. The summed E-state index contributed by atoms with van der Waals surface area (Å²) >= 11 is 0. The van der Waals surface area contributed by atoms with Crippen molar-refractivity contribution in [1.82, 2.24) is 10.2 Å². The number of amides is 1. The molecule has 200 valence electrons. The molecule has 0 unspecified atom stereocenters. The molecule has 4 heteroatoms. The molecule has 0 radical (unpaired) electrons. The van der Waals surface area contributed by atoms with E-state index in [4.69, 9.17) is 4.74 Å². The molecule has 1 aliphatic rings. The summed E-state index contributed by atoms with van der Waals surface area (Å²) in [6.45, 7) is 8.56. The van der Waals surface area contributed by atoms with Crippen molar-refractivity contribution >= 4 is 5.91 Å². The highest BCUT2D eigenvalue weighted by atomic mass is 16.5. The quantitative estimate of drug-likeness (QED) is 0.261. The Labute approximate surface area is 232 Å². The summed E-state index contributed by atoms with van der Waals surface area (Å²) < 4.78 is 6.33. The molecular weight excluding hydrogens is 480 g/mol. The van der Waals surface area contributed by atoms with Crippen LogP contribution in [0.1, 0.15) is 58.3 Å². The number of ether oxygens (including phenoxy) is 1. The van der Waals surface area contributed by atoms with E-state index in [9.17, 15) is 4.79 Å². The Kier molecular flexibility index (Phi) is 8.43. The highest BCUT2D eigenvalue weighted by Crippen LogP contribution is 2.38. The van der Waals surface area contributed by atoms with Crippen LogP contribution in [0.15, 0.2) is 97.1 Å². The fraction of sp³-hybridized carbons (Fsp3) is 0.286. The maximum Gasteiger partial charge on any atom is 0.261 e. The lowest BCUT2D eigenvalue weighted by atomic mass is 9.87. The molecule has 0 fully saturated rings. The Hall–Kier alpha value is -3.89. The van der Waals surface area contributed by atoms with Gasteiger partial charge in [0.05, 0.1) is 6.04 Å². The van der Waals surface area contributed by atoms with E-state index in [2.05, 4.69) is 103 Å². The van der Waals surface area contributed by atoms with Crippen LogP contribution < -0.4 is 10.1 Å². The van der Waals surface area contributed by atoms with E-state index in [-0.39, 0.29) is 11.9 Å². The zero-order chi connectivity index (χ0) is 27.2. The number of rotatable bonds is 9. The molecule has 0 aliphatic carbocycles. The molecule has 0 bridgehead atoms. The molecule has 5 rings (SSSR count). The van der Waals surface area contributed by atoms with Gasteiger partial charge in [-0.15, -0.1) is 0 Å². The Balaban J connectivity index is 1.37. The molecule has 0 spiro atoms. The second kappa shape index (κ2) is 12.3. The standard InChI is InChI=1S/C35H38N2O2/c1-4-33(35(38)36-23-27-12-8-10-25(2)20-27)39-31-17-16-29-18-19-37(24-28-13-9-11-26(3)21-28)34(32(29)22-31)30-14-6-5-7-15-30/h5-17,20-22,33-34H,4,18-19,23-24H2,1-3H3,(H,36,38)/t33-,34+/m0/s1. The number of carbonyl (C=O) groups excluding carboxylic acids is 1. The van der Waals surface area contributed by atoms with Gasteiger partial charge in [0.25, 0.3) is 5.91 Å². The Bertz CT molecular complexity index is 1420. The van der Waals surface area contributed by atoms with E-state index in [1.807, 2.05) is 25.1 Å². The van der Waals surface area contributed by atoms with Crippen LogP contribution in [0.25, 0.3) is 0 Å². The lowest BCUT2D eigenvalue weighted by Crippen LogP contribution is -2.38. The van der Waals surface area contributed by atoms with Gasteiger partial charge in [-0.05, 0) is 66.6 Å². The summed E-state index contributed by atoms with van der Waals surface area (Å²) in [5.74, 6) is 0.655. The molecule has 1 aliphatic heterocycles. The Morgan fingerprint density at radius 2 is 1.62 bits per heavy atom. The van der Waals surface area contributed by atoms with Crippen LogP contribution >= 0.6 is 0 Å². The molecule has 1 N–H and O–H groups in total. The van der Waals surface area contributed by atoms with Crippen LogP contribution in [0, 0.1) is 13.8 Å². The van der Waals surface area contributed by atoms with Crippen molar-refractivity contribution < 1.29 is 9.53 Å². The Morgan fingerprint density at radius 1 is 0.897 bits per heavy atom. The molecule has 4 aromatic rings. The van der Waals surface area contributed by atoms with Gasteiger partial charge >= 0.3 is 0 Å². The number of nitrogens with one attached hydrogen (secondary N) is 1. The summed E-state index contributed by atoms with van der Waals surface area (Å²) in [5, 5.41) is 3.06. The van der Waals surface area contributed by atoms with Gasteiger partial charge in [0.15, 0.2) is 6.10 Å². The normalized spacial score (nSPS) is 15.8. The minimum atomic E-state index is -0.546. The van der Waals surface area contributed by atoms with Crippen molar-refractivity contribution in [3.8, 4) is 5.75 Å². The van der Waals surface area contributed by atoms with Crippen LogP contribution in [-0.2, 0) is 24.3 Å². The third-order valence-electron chi connectivity index (χ3n) is 7.52. The van der Waals surface area contributed by atoms with Gasteiger partial charge < -0.3 is 10.1 Å². The molecule has 4 aromatic carbocycles. The molecule has 0 saturated carbocycles. The van der Waals surface area contributed by atoms with E-state index in [1.165, 1.54) is 33.4 Å². The SMILES string of the molecule is CC[C@H](Oc1ccc2c(c1)[C@@H](c1ccccc1)N(Cc1cccc(C)c1)CC2)C(=O)NCc1cccc(C)c1. The molecular formula is C35H38N2O2. The van der Waals surface area contributed by atoms with Gasteiger partial charge in [0.2, 0.25) is 0 Å². The van der Waals surface area contributed by atoms with Crippen LogP contribution in [0.2, 0.25) is 0 Å². The third kappa shape index (κ3) is 6.58. The van der Waals surface area contributed by atoms with Gasteiger partial charge in [-0.2, -0.15) is 0 Å². The smallest absolute Gasteiger partial charge is 0.261 e. The summed E-state index contributed by atoms with van der Waals surface area (Å²) in [5.41, 5.74) is 8.74. The molecule has 1 amide bonds. The summed E-state index contributed by atoms with van der Waals surface area (Å²) in [6, 6.07) is 34.2. The van der Waals surface area contributed by atoms with E-state index in [0.29, 0.717) is 13.0 Å². The summed E-state index contributed by atoms with van der Waals surface area (Å²) in [4.78, 5) is 15.6. The number of carbonyl (C=O) groups is 1. The number of hydrogen-bond donors (Lipinski definition) is 1. The predicted octanol–water partition coefficient (Wildman–Crippen LogP) is 6.92. The zero-order valence-electron chi connectivity index (χ0n) is 23.2. The van der Waals surface area contributed by atoms with Gasteiger partial charge in [0.1, 0.15) is 5.75 Å². The lowest BCUT2D eigenvalue weighted by molar-refractivity contribution is -0.128. The fourth-order valence-electron chi connectivity index (χ4n) is 5.57. The number of aryl methyl sites for hydroxylation is 2. The van der Waals surface area contributed by atoms with Gasteiger partial charge in [0, 0.05) is 19.6 Å². The van der Waals surface area contributed by atoms with Crippen molar-refractivity contribution in [3.05, 3.63) is 136 Å². The van der Waals surface area contributed by atoms with Crippen molar-refractivity contribution in [3.63, 3.8) is 0 Å². The topological polar surface area (TPSA) is 41.6 Å². The van der Waals surface area contributed by atoms with Crippen LogP contribution in [0.5, 0.6) is 5.75 Å². The van der Waals surface area contributed by atoms with Gasteiger partial charge in [-0.3, -0.25) is 9.69 Å². The van der Waals surface area contributed by atoms with E-state index in [1.54, 1.807) is 0 Å². The van der Waals surface area contributed by atoms with Crippen molar-refractivity contribution in [2.75, 3.05) is 6.54 Å². The van der Waals surface area contributed by atoms with Gasteiger partial charge in [-0.25, -0.2) is 0 Å². The number of fused-ring (bicyclic) bond motifs is 1. The zero-order valence-corrected chi connectivity index (χ0v) is 23.2. The molecule has 1 heterocycles. The first-order valence-electron chi connectivity index (χ1n) is 14.0. The first kappa shape index (κ1) is 26.7. The van der Waals surface area contributed by atoms with Crippen molar-refractivity contribution in [2.45, 2.75) is 58.8 Å². The highest BCUT2D eigenvalue weighted by Gasteiger charge is 2.30. The highest BCUT2D eigenvalue weighted by molar-refractivity contribution is 5.81. The maximum atomic E-state index is 13.0. The number of hydrogen-bond acceptors (Lipinski definition) is 3. The average molecular weight is 519 g/mol. The third-order valence-corrected chi connectivity index (χ3v) is 7.52. The minimum absolute atomic E-state index is 0.0857. The van der Waals surface area contributed by atoms with E-state index >= 15 is 0 Å². The molecule has 0 aromatic heterocycles. The first-order valence-corrected chi connectivity index (χ1v) is 14.0. The average Bonchev–Trinajstić information content (AvgIpc) is 2.95. The van der Waals surface area contributed by atoms with Crippen molar-refractivity contribution in [1.29, 1.82) is 0 Å². The molecule has 0 saturated heterocycles. The fourth-order valence-corrected chi connectivity index (χ4v) is 5.57. The van der Waals surface area contributed by atoms with Crippen LogP contribution in [0.3, 0.4) is 0 Å². The molecule has 39 heavy (non-hydrogen) atoms. The van der Waals surface area contributed by atoms with Gasteiger partial charge in [-0.1, -0.05) is 103 Å². The van der Waals surface area contributed by atoms with E-state index < -0.39 is 6.10 Å². The number of benzene rings is 4. The first-order chi connectivity index (χ1) is 19.0. The number of nitrogens with zero attached hydrogens (tertiary/aromatic N) is 1. The lowest BCUT2D eigenvalue weighted by Gasteiger charge is -2.38. The molecule has 2 atom stereocenters. The molecule has 4 nitrogen and oxygen atoms in total. The summed E-state index contributed by atoms with van der Waals surface area (Å²) in [7, 11) is 0. The second-order valence-electron chi connectivity index (χ2n) is 10.6. The van der Waals surface area contributed by atoms with Crippen LogP contribution in [0.4, 0.5) is 0 Å². The second-order valence-corrected chi connectivity index (χ2v) is 10.6. The monoisotopic (exact) mass is 518 g/mol. The maximum absolute atomic E-state index is 13.0. The largest absolute Gasteiger partial charge is 0.481 e. The predicted molar refractivity (Wildman–Crippen MR) is 158 cm³/mol. The van der Waals surface area contributed by atoms with Crippen molar-refractivity contribution in [2.24, 2.45) is 0 Å².